The van der Waals surface area contributed by atoms with Crippen LogP contribution in [-0.4, -0.2) is 21.8 Å². The number of carbonyl (C=O) groups excluding carboxylic acids is 1. The van der Waals surface area contributed by atoms with Crippen molar-refractivity contribution < 1.29 is 9.32 Å². The second-order valence-corrected chi connectivity index (χ2v) is 7.37. The molecule has 0 saturated heterocycles. The van der Waals surface area contributed by atoms with E-state index in [2.05, 4.69) is 15.5 Å². The summed E-state index contributed by atoms with van der Waals surface area (Å²) in [6.45, 7) is 0.239. The number of thioether (sulfide) groups is 1. The highest BCUT2D eigenvalue weighted by atomic mass is 35.5. The molecule has 2 aromatic heterocycles. The van der Waals surface area contributed by atoms with Crippen LogP contribution in [0.5, 0.6) is 0 Å². The molecular formula is C16H14ClN3O2S2. The maximum Gasteiger partial charge on any atom is 0.246 e. The van der Waals surface area contributed by atoms with Gasteiger partial charge in [-0.1, -0.05) is 22.8 Å². The van der Waals surface area contributed by atoms with Crippen LogP contribution >= 0.6 is 34.7 Å². The highest BCUT2D eigenvalue weighted by Crippen LogP contribution is 2.22. The van der Waals surface area contributed by atoms with Crippen molar-refractivity contribution in [3.8, 4) is 10.7 Å². The molecule has 0 bridgehead atoms. The Morgan fingerprint density at radius 1 is 1.29 bits per heavy atom. The van der Waals surface area contributed by atoms with Crippen LogP contribution in [0.4, 0.5) is 0 Å². The van der Waals surface area contributed by atoms with Gasteiger partial charge in [0.15, 0.2) is 0 Å². The van der Waals surface area contributed by atoms with Crippen LogP contribution in [0.2, 0.25) is 5.02 Å². The topological polar surface area (TPSA) is 68.0 Å². The maximum absolute atomic E-state index is 11.9. The van der Waals surface area contributed by atoms with E-state index in [4.69, 9.17) is 16.1 Å². The fourth-order valence-electron chi connectivity index (χ4n) is 1.89. The molecule has 0 saturated carbocycles. The summed E-state index contributed by atoms with van der Waals surface area (Å²) in [5.74, 6) is 1.59. The molecule has 0 spiro atoms. The molecule has 0 unspecified atom stereocenters. The summed E-state index contributed by atoms with van der Waals surface area (Å²) in [6, 6.07) is 11.4. The summed E-state index contributed by atoms with van der Waals surface area (Å²) in [5, 5.41) is 9.35. The molecule has 1 N–H and O–H groups in total. The first-order chi connectivity index (χ1) is 11.7. The van der Waals surface area contributed by atoms with Gasteiger partial charge in [0.25, 0.3) is 0 Å². The molecule has 1 amide bonds. The molecule has 0 radical (unpaired) electrons. The van der Waals surface area contributed by atoms with Crippen LogP contribution in [0.25, 0.3) is 10.7 Å². The SMILES string of the molecule is O=C(CCSc1ccc(Cl)cc1)NCc1nc(-c2cccs2)no1. The Kier molecular flexibility index (Phi) is 5.90. The first kappa shape index (κ1) is 17.0. The van der Waals surface area contributed by atoms with Crippen molar-refractivity contribution >= 4 is 40.6 Å². The minimum Gasteiger partial charge on any atom is -0.347 e. The third-order valence-corrected chi connectivity index (χ3v) is 5.19. The third kappa shape index (κ3) is 4.83. The Hall–Kier alpha value is -1.83. The molecular weight excluding hydrogens is 366 g/mol. The number of hydrogen-bond donors (Lipinski definition) is 1. The number of carbonyl (C=O) groups is 1. The van der Waals surface area contributed by atoms with Crippen molar-refractivity contribution in [2.45, 2.75) is 17.9 Å². The minimum absolute atomic E-state index is 0.0488. The lowest BCUT2D eigenvalue weighted by molar-refractivity contribution is -0.120. The number of aromatic nitrogens is 2. The van der Waals surface area contributed by atoms with Gasteiger partial charge in [-0.3, -0.25) is 4.79 Å². The summed E-state index contributed by atoms with van der Waals surface area (Å²) >= 11 is 8.99. The van der Waals surface area contributed by atoms with Gasteiger partial charge in [-0.25, -0.2) is 0 Å². The van der Waals surface area contributed by atoms with E-state index >= 15 is 0 Å². The molecule has 1 aromatic carbocycles. The van der Waals surface area contributed by atoms with Crippen LogP contribution in [0, 0.1) is 0 Å². The van der Waals surface area contributed by atoms with Crippen molar-refractivity contribution in [3.63, 3.8) is 0 Å². The number of nitrogens with zero attached hydrogens (tertiary/aromatic N) is 2. The van der Waals surface area contributed by atoms with Gasteiger partial charge < -0.3 is 9.84 Å². The molecule has 0 fully saturated rings. The van der Waals surface area contributed by atoms with E-state index in [1.807, 2.05) is 41.8 Å². The fraction of sp³-hybridized carbons (Fsp3) is 0.188. The van der Waals surface area contributed by atoms with Gasteiger partial charge in [-0.05, 0) is 35.7 Å². The Morgan fingerprint density at radius 2 is 2.12 bits per heavy atom. The van der Waals surface area contributed by atoms with E-state index in [0.717, 1.165) is 9.77 Å². The van der Waals surface area contributed by atoms with Crippen LogP contribution in [-0.2, 0) is 11.3 Å². The monoisotopic (exact) mass is 379 g/mol. The van der Waals surface area contributed by atoms with Crippen LogP contribution in [0.1, 0.15) is 12.3 Å². The molecule has 24 heavy (non-hydrogen) atoms. The lowest BCUT2D eigenvalue weighted by atomic mass is 10.4. The maximum atomic E-state index is 11.9. The number of rotatable bonds is 7. The van der Waals surface area contributed by atoms with E-state index in [1.54, 1.807) is 23.1 Å². The summed E-state index contributed by atoms with van der Waals surface area (Å²) in [7, 11) is 0. The molecule has 124 valence electrons. The van der Waals surface area contributed by atoms with Gasteiger partial charge in [-0.15, -0.1) is 23.1 Å². The summed E-state index contributed by atoms with van der Waals surface area (Å²) in [4.78, 5) is 18.2. The molecule has 5 nitrogen and oxygen atoms in total. The zero-order chi connectivity index (χ0) is 16.8. The van der Waals surface area contributed by atoms with E-state index in [-0.39, 0.29) is 12.5 Å². The van der Waals surface area contributed by atoms with Crippen LogP contribution < -0.4 is 5.32 Å². The highest BCUT2D eigenvalue weighted by Gasteiger charge is 2.10. The smallest absolute Gasteiger partial charge is 0.246 e. The number of nitrogens with one attached hydrogen (secondary N) is 1. The number of thiophene rings is 1. The van der Waals surface area contributed by atoms with Gasteiger partial charge in [0.2, 0.25) is 17.6 Å². The van der Waals surface area contributed by atoms with E-state index in [1.165, 1.54) is 0 Å². The minimum atomic E-state index is -0.0488. The van der Waals surface area contributed by atoms with Gasteiger partial charge in [0.05, 0.1) is 11.4 Å². The number of halogens is 1. The predicted octanol–water partition coefficient (Wildman–Crippen LogP) is 4.25. The van der Waals surface area contributed by atoms with Crippen LogP contribution in [0.15, 0.2) is 51.2 Å². The average Bonchev–Trinajstić information content (AvgIpc) is 3.26. The second kappa shape index (κ2) is 8.32. The van der Waals surface area contributed by atoms with Crippen molar-refractivity contribution in [1.82, 2.24) is 15.5 Å². The first-order valence-corrected chi connectivity index (χ1v) is 9.46. The lowest BCUT2D eigenvalue weighted by Crippen LogP contribution is -2.23. The summed E-state index contributed by atoms with van der Waals surface area (Å²) in [5.41, 5.74) is 0. The van der Waals surface area contributed by atoms with Gasteiger partial charge in [-0.2, -0.15) is 4.98 Å². The molecule has 2 heterocycles. The molecule has 8 heteroatoms. The molecule has 0 aliphatic heterocycles. The van der Waals surface area contributed by atoms with Gasteiger partial charge in [0.1, 0.15) is 0 Å². The number of amides is 1. The molecule has 3 aromatic rings. The Labute approximate surface area is 152 Å². The quantitative estimate of drug-likeness (QED) is 0.621. The fourth-order valence-corrected chi connectivity index (χ4v) is 3.51. The summed E-state index contributed by atoms with van der Waals surface area (Å²) in [6.07, 6.45) is 0.416. The van der Waals surface area contributed by atoms with E-state index < -0.39 is 0 Å². The average molecular weight is 380 g/mol. The zero-order valence-electron chi connectivity index (χ0n) is 12.6. The van der Waals surface area contributed by atoms with Crippen molar-refractivity contribution in [2.24, 2.45) is 0 Å². The van der Waals surface area contributed by atoms with Crippen molar-refractivity contribution in [1.29, 1.82) is 0 Å². The predicted molar refractivity (Wildman–Crippen MR) is 96.3 cm³/mol. The molecule has 0 aliphatic rings. The van der Waals surface area contributed by atoms with Gasteiger partial charge >= 0.3 is 0 Å². The first-order valence-electron chi connectivity index (χ1n) is 7.22. The van der Waals surface area contributed by atoms with Crippen molar-refractivity contribution in [3.05, 3.63) is 52.7 Å². The molecule has 3 rings (SSSR count). The van der Waals surface area contributed by atoms with Crippen molar-refractivity contribution in [2.75, 3.05) is 5.75 Å². The second-order valence-electron chi connectivity index (χ2n) is 4.82. The Morgan fingerprint density at radius 3 is 2.88 bits per heavy atom. The summed E-state index contributed by atoms with van der Waals surface area (Å²) < 4.78 is 5.14. The lowest BCUT2D eigenvalue weighted by Gasteiger charge is -2.03. The highest BCUT2D eigenvalue weighted by molar-refractivity contribution is 7.99. The molecule has 0 aliphatic carbocycles. The van der Waals surface area contributed by atoms with E-state index in [0.29, 0.717) is 28.9 Å². The van der Waals surface area contributed by atoms with E-state index in [9.17, 15) is 4.79 Å². The Bertz CT molecular complexity index is 788. The Balaban J connectivity index is 1.40. The third-order valence-electron chi connectivity index (χ3n) is 3.06. The molecule has 0 atom stereocenters. The van der Waals surface area contributed by atoms with Gasteiger partial charge in [0, 0.05) is 22.1 Å². The largest absolute Gasteiger partial charge is 0.347 e. The number of hydrogen-bond acceptors (Lipinski definition) is 6. The zero-order valence-corrected chi connectivity index (χ0v) is 15.0. The number of benzene rings is 1. The normalized spacial score (nSPS) is 10.7. The van der Waals surface area contributed by atoms with Crippen LogP contribution in [0.3, 0.4) is 0 Å². The standard InChI is InChI=1S/C16H14ClN3O2S2/c17-11-3-5-12(6-4-11)23-9-7-14(21)18-10-15-19-16(20-22-15)13-2-1-8-24-13/h1-6,8H,7,9-10H2,(H,18,21).